The fraction of sp³-hybridized carbons (Fsp3) is 0.310. The molecule has 3 rings (SSSR count). The van der Waals surface area contributed by atoms with Gasteiger partial charge in [-0.15, -0.1) is 0 Å². The van der Waals surface area contributed by atoms with Gasteiger partial charge in [0.25, 0.3) is 0 Å². The molecule has 0 spiro atoms. The molecule has 1 unspecified atom stereocenters. The number of nitrogens with one attached hydrogen (secondary N) is 3. The molecule has 0 aliphatic heterocycles. The van der Waals surface area contributed by atoms with Crippen LogP contribution in [0.15, 0.2) is 66.7 Å². The van der Waals surface area contributed by atoms with Gasteiger partial charge in [-0.2, -0.15) is 0 Å². The van der Waals surface area contributed by atoms with E-state index in [-0.39, 0.29) is 24.8 Å². The zero-order chi connectivity index (χ0) is 27.7. The van der Waals surface area contributed by atoms with Crippen molar-refractivity contribution in [3.8, 4) is 11.5 Å². The van der Waals surface area contributed by atoms with Gasteiger partial charge >= 0.3 is 6.09 Å². The number of halogens is 2. The number of hydrogen-bond donors (Lipinski definition) is 3. The lowest BCUT2D eigenvalue weighted by Gasteiger charge is -2.20. The van der Waals surface area contributed by atoms with Crippen molar-refractivity contribution in [2.45, 2.75) is 58.8 Å². The van der Waals surface area contributed by atoms with Crippen LogP contribution in [0.4, 0.5) is 14.9 Å². The van der Waals surface area contributed by atoms with Crippen LogP contribution in [0, 0.1) is 5.82 Å². The Balaban J connectivity index is 1.67. The lowest BCUT2D eigenvalue weighted by Crippen LogP contribution is -2.39. The van der Waals surface area contributed by atoms with Crippen molar-refractivity contribution >= 4 is 29.3 Å². The summed E-state index contributed by atoms with van der Waals surface area (Å²) in [5.74, 6) is 0.238. The van der Waals surface area contributed by atoms with Crippen LogP contribution in [0.25, 0.3) is 0 Å². The molecule has 3 aromatic carbocycles. The van der Waals surface area contributed by atoms with E-state index in [4.69, 9.17) is 21.1 Å². The third kappa shape index (κ3) is 9.04. The second kappa shape index (κ2) is 13.3. The molecule has 0 radical (unpaired) electrons. The molecule has 3 N–H and O–H groups in total. The van der Waals surface area contributed by atoms with Gasteiger partial charge in [-0.25, -0.2) is 9.18 Å². The Kier molecular flexibility index (Phi) is 10.1. The van der Waals surface area contributed by atoms with E-state index in [1.807, 2.05) is 13.0 Å². The van der Waals surface area contributed by atoms with Gasteiger partial charge in [0.1, 0.15) is 17.2 Å². The molecule has 202 valence electrons. The zero-order valence-corrected chi connectivity index (χ0v) is 22.7. The first kappa shape index (κ1) is 28.9. The van der Waals surface area contributed by atoms with E-state index in [9.17, 15) is 14.0 Å². The van der Waals surface area contributed by atoms with Crippen molar-refractivity contribution in [1.82, 2.24) is 10.6 Å². The Morgan fingerprint density at radius 2 is 1.76 bits per heavy atom. The van der Waals surface area contributed by atoms with E-state index in [1.165, 1.54) is 6.07 Å². The minimum absolute atomic E-state index is 0.215. The van der Waals surface area contributed by atoms with E-state index < -0.39 is 17.7 Å². The SMILES string of the molecule is CCC(NCc1ccccc1F)C(=O)Nc1ccc(Cl)cc1Oc1cccc(CNC(=O)OC(C)(C)C)c1. The number of carbonyl (C=O) groups excluding carboxylic acids is 2. The number of carbonyl (C=O) groups is 2. The van der Waals surface area contributed by atoms with Crippen molar-refractivity contribution in [3.05, 3.63) is 88.7 Å². The Labute approximate surface area is 227 Å². The highest BCUT2D eigenvalue weighted by Crippen LogP contribution is 2.33. The number of rotatable bonds is 10. The second-order valence-electron chi connectivity index (χ2n) is 9.67. The largest absolute Gasteiger partial charge is 0.455 e. The summed E-state index contributed by atoms with van der Waals surface area (Å²) < 4.78 is 25.3. The molecule has 1 atom stereocenters. The minimum Gasteiger partial charge on any atom is -0.455 e. The maximum absolute atomic E-state index is 14.0. The smallest absolute Gasteiger partial charge is 0.407 e. The molecule has 0 fully saturated rings. The van der Waals surface area contributed by atoms with E-state index in [0.717, 1.165) is 5.56 Å². The molecular weight excluding hydrogens is 509 g/mol. The van der Waals surface area contributed by atoms with Gasteiger partial charge in [0, 0.05) is 29.7 Å². The summed E-state index contributed by atoms with van der Waals surface area (Å²) in [5.41, 5.74) is 1.12. The number of hydrogen-bond acceptors (Lipinski definition) is 5. The zero-order valence-electron chi connectivity index (χ0n) is 21.9. The molecule has 2 amide bonds. The molecule has 0 aliphatic carbocycles. The minimum atomic E-state index is -0.591. The lowest BCUT2D eigenvalue weighted by molar-refractivity contribution is -0.118. The number of alkyl carbamates (subject to hydrolysis) is 1. The number of anilines is 1. The molecule has 0 bridgehead atoms. The summed E-state index contributed by atoms with van der Waals surface area (Å²) in [7, 11) is 0. The van der Waals surface area contributed by atoms with E-state index >= 15 is 0 Å². The molecule has 3 aromatic rings. The summed E-state index contributed by atoms with van der Waals surface area (Å²) in [6, 6.07) is 18.0. The van der Waals surface area contributed by atoms with Gasteiger partial charge < -0.3 is 25.4 Å². The van der Waals surface area contributed by atoms with Crippen LogP contribution in [0.1, 0.15) is 45.2 Å². The maximum atomic E-state index is 14.0. The predicted molar refractivity (Wildman–Crippen MR) is 147 cm³/mol. The van der Waals surface area contributed by atoms with Crippen LogP contribution in [-0.2, 0) is 22.6 Å². The van der Waals surface area contributed by atoms with Gasteiger partial charge in [-0.3, -0.25) is 4.79 Å². The average molecular weight is 542 g/mol. The number of benzene rings is 3. The molecule has 0 heterocycles. The van der Waals surface area contributed by atoms with Gasteiger partial charge in [0.2, 0.25) is 5.91 Å². The van der Waals surface area contributed by atoms with Crippen LogP contribution in [-0.4, -0.2) is 23.6 Å². The first-order chi connectivity index (χ1) is 18.0. The summed E-state index contributed by atoms with van der Waals surface area (Å²) in [6.45, 7) is 7.72. The summed E-state index contributed by atoms with van der Waals surface area (Å²) in [5, 5.41) is 9.14. The van der Waals surface area contributed by atoms with Crippen molar-refractivity contribution in [3.63, 3.8) is 0 Å². The van der Waals surface area contributed by atoms with Crippen LogP contribution >= 0.6 is 11.6 Å². The Morgan fingerprint density at radius 3 is 2.47 bits per heavy atom. The van der Waals surface area contributed by atoms with Crippen LogP contribution < -0.4 is 20.7 Å². The van der Waals surface area contributed by atoms with Crippen molar-refractivity contribution in [2.24, 2.45) is 0 Å². The molecule has 0 saturated heterocycles. The van der Waals surface area contributed by atoms with Crippen molar-refractivity contribution in [1.29, 1.82) is 0 Å². The molecule has 0 aromatic heterocycles. The average Bonchev–Trinajstić information content (AvgIpc) is 2.85. The Morgan fingerprint density at radius 1 is 1.00 bits per heavy atom. The highest BCUT2D eigenvalue weighted by Gasteiger charge is 2.19. The van der Waals surface area contributed by atoms with Crippen LogP contribution in [0.2, 0.25) is 5.02 Å². The quantitative estimate of drug-likeness (QED) is 0.262. The second-order valence-corrected chi connectivity index (χ2v) is 10.1. The monoisotopic (exact) mass is 541 g/mol. The van der Waals surface area contributed by atoms with Gasteiger partial charge in [0.05, 0.1) is 11.7 Å². The molecule has 9 heteroatoms. The highest BCUT2D eigenvalue weighted by atomic mass is 35.5. The molecule has 7 nitrogen and oxygen atoms in total. The Hall–Kier alpha value is -3.62. The third-order valence-corrected chi connectivity index (χ3v) is 5.62. The Bertz CT molecular complexity index is 1260. The predicted octanol–water partition coefficient (Wildman–Crippen LogP) is 6.80. The molecular formula is C29H33ClFN3O4. The van der Waals surface area contributed by atoms with Crippen molar-refractivity contribution in [2.75, 3.05) is 5.32 Å². The van der Waals surface area contributed by atoms with E-state index in [2.05, 4.69) is 16.0 Å². The first-order valence-electron chi connectivity index (χ1n) is 12.3. The van der Waals surface area contributed by atoms with Crippen LogP contribution in [0.3, 0.4) is 0 Å². The highest BCUT2D eigenvalue weighted by molar-refractivity contribution is 6.30. The van der Waals surface area contributed by atoms with Crippen molar-refractivity contribution < 1.29 is 23.5 Å². The fourth-order valence-electron chi connectivity index (χ4n) is 3.54. The maximum Gasteiger partial charge on any atom is 0.407 e. The summed E-state index contributed by atoms with van der Waals surface area (Å²) in [6.07, 6.45) is -0.0192. The molecule has 0 aliphatic rings. The summed E-state index contributed by atoms with van der Waals surface area (Å²) >= 11 is 6.21. The van der Waals surface area contributed by atoms with E-state index in [0.29, 0.717) is 34.2 Å². The number of ether oxygens (including phenoxy) is 2. The number of amides is 2. The standard InChI is InChI=1S/C29H33ClFN3O4/c1-5-24(32-18-20-10-6-7-12-23(20)31)27(35)34-25-14-13-21(30)16-26(25)37-22-11-8-9-19(15-22)17-33-28(36)38-29(2,3)4/h6-16,24,32H,5,17-18H2,1-4H3,(H,33,36)(H,34,35). The normalized spacial score (nSPS) is 11.9. The van der Waals surface area contributed by atoms with E-state index in [1.54, 1.807) is 75.4 Å². The molecule has 38 heavy (non-hydrogen) atoms. The third-order valence-electron chi connectivity index (χ3n) is 5.39. The lowest BCUT2D eigenvalue weighted by atomic mass is 10.1. The topological polar surface area (TPSA) is 88.7 Å². The molecule has 0 saturated carbocycles. The summed E-state index contributed by atoms with van der Waals surface area (Å²) in [4.78, 5) is 25.0. The van der Waals surface area contributed by atoms with Gasteiger partial charge in [-0.05, 0) is 63.1 Å². The van der Waals surface area contributed by atoms with Gasteiger partial charge in [-0.1, -0.05) is 48.9 Å². The van der Waals surface area contributed by atoms with Gasteiger partial charge in [0.15, 0.2) is 5.75 Å². The first-order valence-corrected chi connectivity index (χ1v) is 12.7. The fourth-order valence-corrected chi connectivity index (χ4v) is 3.70. The van der Waals surface area contributed by atoms with Crippen LogP contribution in [0.5, 0.6) is 11.5 Å².